The molecule has 1 heterocycles. The maximum atomic E-state index is 13.0. The van der Waals surface area contributed by atoms with E-state index in [0.717, 1.165) is 17.7 Å². The highest BCUT2D eigenvalue weighted by Gasteiger charge is 2.30. The monoisotopic (exact) mass is 389 g/mol. The predicted octanol–water partition coefficient (Wildman–Crippen LogP) is 4.35. The van der Waals surface area contributed by atoms with Crippen LogP contribution in [-0.4, -0.2) is 22.3 Å². The summed E-state index contributed by atoms with van der Waals surface area (Å²) in [5, 5.41) is 6.81. The Morgan fingerprint density at radius 2 is 1.86 bits per heavy atom. The Labute approximate surface area is 159 Å². The Bertz CT molecular complexity index is 953. The highest BCUT2D eigenvalue weighted by atomic mass is 19.4. The van der Waals surface area contributed by atoms with Crippen molar-refractivity contribution in [1.29, 1.82) is 0 Å². The highest BCUT2D eigenvalue weighted by Crippen LogP contribution is 2.31. The minimum Gasteiger partial charge on any atom is -0.367 e. The van der Waals surface area contributed by atoms with Crippen LogP contribution in [0.5, 0.6) is 0 Å². The zero-order valence-corrected chi connectivity index (χ0v) is 15.0. The lowest BCUT2D eigenvalue weighted by Crippen LogP contribution is -2.20. The molecule has 0 unspecified atom stereocenters. The van der Waals surface area contributed by atoms with E-state index in [9.17, 15) is 18.0 Å². The molecule has 0 aliphatic rings. The summed E-state index contributed by atoms with van der Waals surface area (Å²) in [6, 6.07) is 15.7. The summed E-state index contributed by atoms with van der Waals surface area (Å²) in [5.41, 5.74) is 0.892. The summed E-state index contributed by atoms with van der Waals surface area (Å²) < 4.78 is 45.5. The van der Waals surface area contributed by atoms with Crippen molar-refractivity contribution < 1.29 is 22.7 Å². The highest BCUT2D eigenvalue weighted by molar-refractivity contribution is 5.91. The minimum atomic E-state index is -4.47. The van der Waals surface area contributed by atoms with Gasteiger partial charge in [0.15, 0.2) is 0 Å². The van der Waals surface area contributed by atoms with Gasteiger partial charge in [0.25, 0.3) is 5.91 Å². The molecule has 3 rings (SSSR count). The van der Waals surface area contributed by atoms with Gasteiger partial charge in [0.05, 0.1) is 23.6 Å². The van der Waals surface area contributed by atoms with Gasteiger partial charge in [0, 0.05) is 6.07 Å². The number of nitrogens with one attached hydrogen (secondary N) is 1. The molecule has 1 N–H and O–H groups in total. The predicted molar refractivity (Wildman–Crippen MR) is 98.0 cm³/mol. The summed E-state index contributed by atoms with van der Waals surface area (Å²) in [6.45, 7) is 1.77. The van der Waals surface area contributed by atoms with E-state index >= 15 is 0 Å². The number of alkyl halides is 3. The molecule has 2 aromatic carbocycles. The van der Waals surface area contributed by atoms with Crippen LogP contribution in [0.1, 0.15) is 16.8 Å². The summed E-state index contributed by atoms with van der Waals surface area (Å²) in [7, 11) is 0. The molecule has 146 valence electrons. The van der Waals surface area contributed by atoms with Crippen molar-refractivity contribution >= 4 is 11.7 Å². The molecule has 0 bridgehead atoms. The summed E-state index contributed by atoms with van der Waals surface area (Å²) in [6.07, 6.45) is -4.47. The number of halogens is 3. The van der Waals surface area contributed by atoms with E-state index in [4.69, 9.17) is 4.74 Å². The summed E-state index contributed by atoms with van der Waals surface area (Å²) in [5.74, 6) is -0.158. The van der Waals surface area contributed by atoms with E-state index in [1.807, 2.05) is 30.3 Å². The molecule has 3 aromatic rings. The van der Waals surface area contributed by atoms with Gasteiger partial charge in [0.2, 0.25) is 0 Å². The molecule has 5 nitrogen and oxygen atoms in total. The molecule has 0 atom stereocenters. The van der Waals surface area contributed by atoms with Gasteiger partial charge >= 0.3 is 6.18 Å². The van der Waals surface area contributed by atoms with Gasteiger partial charge in [-0.3, -0.25) is 4.79 Å². The number of ether oxygens (including phenoxy) is 1. The largest absolute Gasteiger partial charge is 0.416 e. The van der Waals surface area contributed by atoms with E-state index < -0.39 is 17.6 Å². The van der Waals surface area contributed by atoms with Crippen LogP contribution in [0.2, 0.25) is 0 Å². The van der Waals surface area contributed by atoms with Crippen molar-refractivity contribution in [2.24, 2.45) is 0 Å². The normalized spacial score (nSPS) is 11.4. The fourth-order valence-electron chi connectivity index (χ4n) is 2.61. The zero-order chi connectivity index (χ0) is 20.1. The van der Waals surface area contributed by atoms with Crippen molar-refractivity contribution in [3.05, 3.63) is 77.5 Å². The zero-order valence-electron chi connectivity index (χ0n) is 15.0. The Kier molecular flexibility index (Phi) is 5.79. The number of hydrogen-bond donors (Lipinski definition) is 1. The van der Waals surface area contributed by atoms with Gasteiger partial charge in [-0.15, -0.1) is 0 Å². The van der Waals surface area contributed by atoms with Gasteiger partial charge < -0.3 is 10.1 Å². The smallest absolute Gasteiger partial charge is 0.367 e. The van der Waals surface area contributed by atoms with Crippen molar-refractivity contribution in [2.75, 3.05) is 11.9 Å². The van der Waals surface area contributed by atoms with E-state index in [1.165, 1.54) is 16.8 Å². The summed E-state index contributed by atoms with van der Waals surface area (Å²) >= 11 is 0. The van der Waals surface area contributed by atoms with Crippen LogP contribution in [0.3, 0.4) is 0 Å². The molecule has 0 aliphatic carbocycles. The van der Waals surface area contributed by atoms with Crippen molar-refractivity contribution in [2.45, 2.75) is 19.7 Å². The fraction of sp³-hybridized carbons (Fsp3) is 0.200. The molecule has 0 aliphatic heterocycles. The lowest BCUT2D eigenvalue weighted by atomic mass is 10.2. The number of carbonyl (C=O) groups excluding carboxylic acids is 1. The first-order chi connectivity index (χ1) is 13.3. The second-order valence-corrected chi connectivity index (χ2v) is 6.16. The van der Waals surface area contributed by atoms with Gasteiger partial charge in [-0.25, -0.2) is 4.68 Å². The van der Waals surface area contributed by atoms with Crippen LogP contribution < -0.4 is 5.32 Å². The number of aryl methyl sites for hydroxylation is 1. The summed E-state index contributed by atoms with van der Waals surface area (Å²) in [4.78, 5) is 12.2. The third-order valence-corrected chi connectivity index (χ3v) is 3.86. The van der Waals surface area contributed by atoms with Gasteiger partial charge in [0.1, 0.15) is 12.4 Å². The number of nitrogens with zero attached hydrogens (tertiary/aromatic N) is 2. The Hall–Kier alpha value is -3.13. The number of aromatic nitrogens is 2. The van der Waals surface area contributed by atoms with E-state index in [0.29, 0.717) is 5.69 Å². The van der Waals surface area contributed by atoms with Crippen molar-refractivity contribution in [3.63, 3.8) is 0 Å². The number of rotatable bonds is 6. The van der Waals surface area contributed by atoms with Gasteiger partial charge in [-0.05, 0) is 30.7 Å². The van der Waals surface area contributed by atoms with Crippen LogP contribution in [0.15, 0.2) is 60.7 Å². The lowest BCUT2D eigenvalue weighted by Gasteiger charge is -2.12. The molecular formula is C20H18F3N3O2. The van der Waals surface area contributed by atoms with Crippen molar-refractivity contribution in [1.82, 2.24) is 9.78 Å². The topological polar surface area (TPSA) is 56.1 Å². The van der Waals surface area contributed by atoms with Crippen LogP contribution in [0, 0.1) is 6.92 Å². The average Bonchev–Trinajstić information content (AvgIpc) is 3.02. The lowest BCUT2D eigenvalue weighted by molar-refractivity contribution is -0.137. The molecule has 0 fully saturated rings. The Morgan fingerprint density at radius 1 is 1.11 bits per heavy atom. The molecule has 28 heavy (non-hydrogen) atoms. The van der Waals surface area contributed by atoms with Crippen molar-refractivity contribution in [3.8, 4) is 5.69 Å². The molecule has 1 aromatic heterocycles. The number of anilines is 1. The van der Waals surface area contributed by atoms with Crippen LogP contribution >= 0.6 is 0 Å². The molecule has 0 saturated heterocycles. The number of amides is 1. The standard InChI is InChI=1S/C20H18F3N3O2/c1-14-10-18(24-19(27)13-28-12-15-6-3-2-4-7-15)26(25-14)17-9-5-8-16(11-17)20(21,22)23/h2-11H,12-13H2,1H3,(H,24,27). The first kappa shape index (κ1) is 19.6. The van der Waals surface area contributed by atoms with E-state index in [-0.39, 0.29) is 24.7 Å². The van der Waals surface area contributed by atoms with Crippen LogP contribution in [0.4, 0.5) is 19.0 Å². The SMILES string of the molecule is Cc1cc(NC(=O)COCc2ccccc2)n(-c2cccc(C(F)(F)F)c2)n1. The second-order valence-electron chi connectivity index (χ2n) is 6.16. The average molecular weight is 389 g/mol. The molecular weight excluding hydrogens is 371 g/mol. The Morgan fingerprint density at radius 3 is 2.57 bits per heavy atom. The van der Waals surface area contributed by atoms with E-state index in [2.05, 4.69) is 10.4 Å². The molecule has 8 heteroatoms. The maximum absolute atomic E-state index is 13.0. The minimum absolute atomic E-state index is 0.193. The number of hydrogen-bond acceptors (Lipinski definition) is 3. The maximum Gasteiger partial charge on any atom is 0.416 e. The first-order valence-electron chi connectivity index (χ1n) is 8.49. The fourth-order valence-corrected chi connectivity index (χ4v) is 2.61. The molecule has 0 spiro atoms. The quantitative estimate of drug-likeness (QED) is 0.682. The first-order valence-corrected chi connectivity index (χ1v) is 8.49. The van der Waals surface area contributed by atoms with E-state index in [1.54, 1.807) is 13.0 Å². The number of carbonyl (C=O) groups is 1. The second kappa shape index (κ2) is 8.26. The third-order valence-electron chi connectivity index (χ3n) is 3.86. The van der Waals surface area contributed by atoms with Crippen LogP contribution in [-0.2, 0) is 22.3 Å². The van der Waals surface area contributed by atoms with Crippen LogP contribution in [0.25, 0.3) is 5.69 Å². The van der Waals surface area contributed by atoms with Gasteiger partial charge in [-0.2, -0.15) is 18.3 Å². The Balaban J connectivity index is 1.69. The van der Waals surface area contributed by atoms with Gasteiger partial charge in [-0.1, -0.05) is 36.4 Å². The molecule has 1 amide bonds. The third kappa shape index (κ3) is 4.98. The molecule has 0 radical (unpaired) electrons. The number of benzene rings is 2. The molecule has 0 saturated carbocycles.